The highest BCUT2D eigenvalue weighted by atomic mass is 32.1. The van der Waals surface area contributed by atoms with Crippen molar-refractivity contribution in [3.8, 4) is 17.4 Å². The Morgan fingerprint density at radius 3 is 2.92 bits per heavy atom. The van der Waals surface area contributed by atoms with Crippen molar-refractivity contribution in [2.24, 2.45) is 5.92 Å². The van der Waals surface area contributed by atoms with Gasteiger partial charge in [-0.15, -0.1) is 11.3 Å². The number of nitrogens with one attached hydrogen (secondary N) is 2. The molecule has 0 saturated carbocycles. The van der Waals surface area contributed by atoms with Gasteiger partial charge in [0.25, 0.3) is 0 Å². The van der Waals surface area contributed by atoms with E-state index in [-0.39, 0.29) is 12.5 Å². The van der Waals surface area contributed by atoms with Crippen molar-refractivity contribution < 1.29 is 14.0 Å². The second-order valence-electron chi connectivity index (χ2n) is 5.72. The molecule has 126 valence electrons. The smallest absolute Gasteiger partial charge is 0.243 e. The Balaban J connectivity index is 2.24. The Labute approximate surface area is 144 Å². The summed E-state index contributed by atoms with van der Waals surface area (Å²) < 4.78 is 5.42. The normalized spacial score (nSPS) is 11.8. The van der Waals surface area contributed by atoms with Crippen LogP contribution in [0.4, 0.5) is 5.69 Å². The van der Waals surface area contributed by atoms with Gasteiger partial charge >= 0.3 is 0 Å². The summed E-state index contributed by atoms with van der Waals surface area (Å²) >= 11 is 1.45. The van der Waals surface area contributed by atoms with E-state index in [0.717, 1.165) is 17.5 Å². The van der Waals surface area contributed by atoms with Crippen molar-refractivity contribution in [1.82, 2.24) is 5.32 Å². The molecular weight excluding hydrogens is 326 g/mol. The lowest BCUT2D eigenvalue weighted by molar-refractivity contribution is -0.121. The molecule has 0 aliphatic heterocycles. The highest BCUT2D eigenvalue weighted by Crippen LogP contribution is 2.34. The number of amides is 1. The van der Waals surface area contributed by atoms with Crippen LogP contribution < -0.4 is 10.6 Å². The van der Waals surface area contributed by atoms with Gasteiger partial charge in [0.2, 0.25) is 5.91 Å². The number of nitrogens with zero attached hydrogens (tertiary/aromatic N) is 1. The molecule has 2 rings (SSSR count). The van der Waals surface area contributed by atoms with Gasteiger partial charge in [-0.25, -0.2) is 0 Å². The van der Waals surface area contributed by atoms with Gasteiger partial charge in [0.1, 0.15) is 18.3 Å². The fourth-order valence-electron chi connectivity index (χ4n) is 2.36. The van der Waals surface area contributed by atoms with Crippen LogP contribution in [-0.2, 0) is 4.79 Å². The first-order valence-corrected chi connectivity index (χ1v) is 8.51. The van der Waals surface area contributed by atoms with E-state index < -0.39 is 6.04 Å². The molecule has 0 radical (unpaired) electrons. The third-order valence-corrected chi connectivity index (χ3v) is 4.17. The van der Waals surface area contributed by atoms with E-state index in [1.54, 1.807) is 6.07 Å². The van der Waals surface area contributed by atoms with E-state index in [1.807, 2.05) is 30.7 Å². The van der Waals surface area contributed by atoms with Crippen molar-refractivity contribution in [2.75, 3.05) is 11.9 Å². The molecule has 2 aromatic heterocycles. The van der Waals surface area contributed by atoms with Crippen LogP contribution in [0.2, 0.25) is 0 Å². The molecule has 7 heteroatoms. The van der Waals surface area contributed by atoms with E-state index in [1.165, 1.54) is 17.6 Å². The van der Waals surface area contributed by atoms with Crippen LogP contribution >= 0.6 is 11.3 Å². The highest BCUT2D eigenvalue weighted by Gasteiger charge is 2.22. The van der Waals surface area contributed by atoms with Crippen molar-refractivity contribution in [3.63, 3.8) is 0 Å². The predicted octanol–water partition coefficient (Wildman–Crippen LogP) is 3.29. The van der Waals surface area contributed by atoms with Gasteiger partial charge in [0.15, 0.2) is 6.29 Å². The monoisotopic (exact) mass is 345 g/mol. The van der Waals surface area contributed by atoms with E-state index in [4.69, 9.17) is 9.68 Å². The Hall–Kier alpha value is -2.59. The number of thiophene rings is 1. The molecule has 1 atom stereocenters. The zero-order valence-electron chi connectivity index (χ0n) is 13.5. The summed E-state index contributed by atoms with van der Waals surface area (Å²) in [7, 11) is 0. The number of aldehydes is 1. The third-order valence-electron chi connectivity index (χ3n) is 3.42. The van der Waals surface area contributed by atoms with E-state index in [9.17, 15) is 9.59 Å². The summed E-state index contributed by atoms with van der Waals surface area (Å²) in [5.74, 6) is 0.554. The van der Waals surface area contributed by atoms with Crippen LogP contribution in [0.15, 0.2) is 27.5 Å². The van der Waals surface area contributed by atoms with Crippen LogP contribution in [0.5, 0.6) is 0 Å². The minimum absolute atomic E-state index is 0.0287. The number of anilines is 1. The minimum atomic E-state index is -0.471. The van der Waals surface area contributed by atoms with Crippen LogP contribution in [-0.4, -0.2) is 24.8 Å². The number of furan rings is 1. The van der Waals surface area contributed by atoms with Gasteiger partial charge in [-0.3, -0.25) is 9.59 Å². The fourth-order valence-corrected chi connectivity index (χ4v) is 3.13. The lowest BCUT2D eigenvalue weighted by Gasteiger charge is -2.20. The van der Waals surface area contributed by atoms with Crippen LogP contribution in [0.1, 0.15) is 30.6 Å². The first-order valence-electron chi connectivity index (χ1n) is 7.57. The maximum absolute atomic E-state index is 12.3. The summed E-state index contributed by atoms with van der Waals surface area (Å²) in [5.41, 5.74) is 1.94. The second kappa shape index (κ2) is 8.31. The average molecular weight is 345 g/mol. The first kappa shape index (κ1) is 17.8. The highest BCUT2D eigenvalue weighted by molar-refractivity contribution is 7.08. The molecular formula is C17H19N3O3S. The molecule has 1 amide bonds. The van der Waals surface area contributed by atoms with Crippen LogP contribution in [0.3, 0.4) is 0 Å². The number of carbonyl (C=O) groups excluding carboxylic acids is 2. The van der Waals surface area contributed by atoms with Crippen molar-refractivity contribution in [2.45, 2.75) is 26.3 Å². The molecule has 24 heavy (non-hydrogen) atoms. The van der Waals surface area contributed by atoms with Gasteiger partial charge in [0.05, 0.1) is 29.1 Å². The van der Waals surface area contributed by atoms with E-state index >= 15 is 0 Å². The zero-order valence-corrected chi connectivity index (χ0v) is 14.4. The van der Waals surface area contributed by atoms with Crippen LogP contribution in [0, 0.1) is 17.2 Å². The Morgan fingerprint density at radius 2 is 2.25 bits per heavy atom. The third kappa shape index (κ3) is 4.24. The van der Waals surface area contributed by atoms with Gasteiger partial charge in [0, 0.05) is 10.8 Å². The minimum Gasteiger partial charge on any atom is -0.463 e. The quantitative estimate of drug-likeness (QED) is 0.565. The standard InChI is InChI=1S/C17H19N3O3S/c1-11(2)7-14(17(22)19-5-4-18)20-15-10-24-9-13(15)16-12(8-21)3-6-23-16/h3,6,8-11,14,20H,5,7H2,1-2H3,(H,19,22). The zero-order chi connectivity index (χ0) is 17.5. The SMILES string of the molecule is CC(C)CC(Nc1cscc1-c1occc1C=O)C(=O)NCC#N. The lowest BCUT2D eigenvalue weighted by Crippen LogP contribution is -2.40. The predicted molar refractivity (Wildman–Crippen MR) is 92.9 cm³/mol. The summed E-state index contributed by atoms with van der Waals surface area (Å²) in [6, 6.07) is 3.04. The second-order valence-corrected chi connectivity index (χ2v) is 6.47. The van der Waals surface area contributed by atoms with Gasteiger partial charge < -0.3 is 15.1 Å². The van der Waals surface area contributed by atoms with Crippen molar-refractivity contribution in [1.29, 1.82) is 5.26 Å². The number of rotatable bonds is 8. The molecule has 0 aliphatic carbocycles. The molecule has 2 aromatic rings. The van der Waals surface area contributed by atoms with E-state index in [0.29, 0.717) is 23.7 Å². The molecule has 0 bridgehead atoms. The average Bonchev–Trinajstić information content (AvgIpc) is 3.19. The maximum atomic E-state index is 12.3. The van der Waals surface area contributed by atoms with Crippen molar-refractivity contribution >= 4 is 29.2 Å². The molecule has 2 N–H and O–H groups in total. The Bertz CT molecular complexity index is 742. The van der Waals surface area contributed by atoms with Gasteiger partial charge in [-0.05, 0) is 18.4 Å². The largest absolute Gasteiger partial charge is 0.463 e. The molecule has 0 spiro atoms. The molecule has 1 unspecified atom stereocenters. The molecule has 0 aliphatic rings. The molecule has 0 aromatic carbocycles. The van der Waals surface area contributed by atoms with Crippen LogP contribution in [0.25, 0.3) is 11.3 Å². The molecule has 6 nitrogen and oxygen atoms in total. The van der Waals surface area contributed by atoms with Gasteiger partial charge in [-0.1, -0.05) is 13.8 Å². The van der Waals surface area contributed by atoms with Crippen molar-refractivity contribution in [3.05, 3.63) is 28.7 Å². The fraction of sp³-hybridized carbons (Fsp3) is 0.353. The topological polar surface area (TPSA) is 95.1 Å². The number of hydrogen-bond donors (Lipinski definition) is 2. The molecule has 0 fully saturated rings. The Morgan fingerprint density at radius 1 is 1.46 bits per heavy atom. The molecule has 2 heterocycles. The van der Waals surface area contributed by atoms with Gasteiger partial charge in [-0.2, -0.15) is 5.26 Å². The maximum Gasteiger partial charge on any atom is 0.243 e. The summed E-state index contributed by atoms with van der Waals surface area (Å²) in [5, 5.41) is 18.2. The number of nitriles is 1. The number of hydrogen-bond acceptors (Lipinski definition) is 6. The number of carbonyl (C=O) groups is 2. The molecule has 0 saturated heterocycles. The van der Waals surface area contributed by atoms with E-state index in [2.05, 4.69) is 10.6 Å². The summed E-state index contributed by atoms with van der Waals surface area (Å²) in [6.07, 6.45) is 2.82. The lowest BCUT2D eigenvalue weighted by atomic mass is 10.0. The summed E-state index contributed by atoms with van der Waals surface area (Å²) in [4.78, 5) is 23.4. The summed E-state index contributed by atoms with van der Waals surface area (Å²) in [6.45, 7) is 4.02. The first-order chi connectivity index (χ1) is 11.6. The Kier molecular flexibility index (Phi) is 6.15.